The van der Waals surface area contributed by atoms with E-state index in [9.17, 15) is 0 Å². The first-order chi connectivity index (χ1) is 60.6. The largest absolute Gasteiger partial charge is 0.455 e. The Balaban J connectivity index is 0.000000102. The third-order valence-electron chi connectivity index (χ3n) is 26.2. The molecule has 0 aliphatic carbocycles. The number of hydrogen-bond donors (Lipinski definition) is 0. The molecule has 24 rings (SSSR count). The minimum atomic E-state index is -0.634. The summed E-state index contributed by atoms with van der Waals surface area (Å²) in [5, 5.41) is 23.3. The van der Waals surface area contributed by atoms with E-state index in [0.29, 0.717) is 5.92 Å². The lowest BCUT2D eigenvalue weighted by molar-refractivity contribution is -0.659. The van der Waals surface area contributed by atoms with Crippen LogP contribution in [0, 0.1) is 41.5 Å². The number of benzene rings is 14. The summed E-state index contributed by atoms with van der Waals surface area (Å²) in [6.07, 6.45) is 8.10. The van der Waals surface area contributed by atoms with Crippen molar-refractivity contribution in [2.45, 2.75) is 81.0 Å². The average molecular weight is 1610 g/mol. The van der Waals surface area contributed by atoms with Crippen molar-refractivity contribution >= 4 is 174 Å². The van der Waals surface area contributed by atoms with Gasteiger partial charge in [-0.05, 0) is 182 Å². The second kappa shape index (κ2) is 30.1. The highest BCUT2D eigenvalue weighted by Crippen LogP contribution is 2.45. The molecule has 24 aromatic rings. The van der Waals surface area contributed by atoms with Crippen LogP contribution in [0.2, 0.25) is 0 Å². The first kappa shape index (κ1) is 75.5. The number of aromatic nitrogens is 6. The molecule has 0 bridgehead atoms. The molecule has 0 saturated carbocycles. The molecule has 0 spiro atoms. The van der Waals surface area contributed by atoms with Crippen LogP contribution in [-0.4, -0.2) is 9.97 Å². The highest BCUT2D eigenvalue weighted by atomic mass is 16.3. The topological polar surface area (TPSA) is 93.9 Å². The van der Waals surface area contributed by atoms with Crippen molar-refractivity contribution in [3.63, 3.8) is 0 Å². The van der Waals surface area contributed by atoms with Gasteiger partial charge in [-0.2, -0.15) is 9.13 Å². The van der Waals surface area contributed by atoms with E-state index in [-0.39, 0.29) is 0 Å². The molecule has 0 N–H and O–H groups in total. The van der Waals surface area contributed by atoms with Crippen LogP contribution < -0.4 is 18.3 Å². The zero-order valence-corrected chi connectivity index (χ0v) is 72.3. The minimum absolute atomic E-state index is 0.507. The van der Waals surface area contributed by atoms with Gasteiger partial charge in [0.05, 0.1) is 38.4 Å². The monoisotopic (exact) mass is 1610 g/mol. The number of rotatable bonds is 6. The van der Waals surface area contributed by atoms with Crippen LogP contribution >= 0.6 is 0 Å². The van der Waals surface area contributed by atoms with E-state index in [0.717, 1.165) is 127 Å². The summed E-state index contributed by atoms with van der Waals surface area (Å²) < 4.78 is 43.3. The predicted octanol–water partition coefficient (Wildman–Crippen LogP) is 28.4. The molecular formula is C114H94N6O4+4. The van der Waals surface area contributed by atoms with E-state index >= 15 is 0 Å². The van der Waals surface area contributed by atoms with Crippen LogP contribution in [0.25, 0.3) is 219 Å². The summed E-state index contributed by atoms with van der Waals surface area (Å²) in [5.41, 5.74) is 30.8. The lowest BCUT2D eigenvalue weighted by atomic mass is 9.95. The van der Waals surface area contributed by atoms with Crippen molar-refractivity contribution in [1.29, 1.82) is 0 Å². The Bertz CT molecular complexity index is 8650. The molecule has 10 heteroatoms. The number of furan rings is 4. The third-order valence-corrected chi connectivity index (χ3v) is 26.2. The number of fused-ring (bicyclic) bond motifs is 24. The van der Waals surface area contributed by atoms with E-state index in [1.54, 1.807) is 0 Å². The van der Waals surface area contributed by atoms with Gasteiger partial charge in [-0.1, -0.05) is 185 Å². The molecule has 14 aromatic carbocycles. The van der Waals surface area contributed by atoms with Crippen LogP contribution in [0.15, 0.2) is 322 Å². The SMILES string of the molecule is Cc1c(-c2c3ccc(C(C)C)cc3cc[n+]2C)ccc2c1oc1c3ccccc3cnc21.Cc1c(-c2cc(C)c3c(C)cccc3[n+]2C)ccc2c1oc1c3ccccc3ccc21.Cc1c(-c2ccc3ccccc3[n+]2C)ccc2c1oc1c3ccccc3ccc21.[2H]C(C)(C)c1ccc2c(-c3ccc4c(oc5c6ccccc6cnc45)c3C)[n+](C)ccc2c1. The third kappa shape index (κ3) is 12.5. The Hall–Kier alpha value is -14.7. The summed E-state index contributed by atoms with van der Waals surface area (Å²) in [4.78, 5) is 9.46. The van der Waals surface area contributed by atoms with Gasteiger partial charge < -0.3 is 17.7 Å². The van der Waals surface area contributed by atoms with Crippen LogP contribution in [0.4, 0.5) is 0 Å². The van der Waals surface area contributed by atoms with Gasteiger partial charge in [0, 0.05) is 142 Å². The van der Waals surface area contributed by atoms with Gasteiger partial charge in [0.25, 0.3) is 0 Å². The van der Waals surface area contributed by atoms with E-state index < -0.39 is 5.89 Å². The highest BCUT2D eigenvalue weighted by Gasteiger charge is 2.28. The fraction of sp³-hybridized carbons (Fsp3) is 0.140. The second-order valence-corrected chi connectivity index (χ2v) is 34.2. The van der Waals surface area contributed by atoms with E-state index in [2.05, 4.69) is 375 Å². The van der Waals surface area contributed by atoms with Crippen LogP contribution in [-0.2, 0) is 28.2 Å². The summed E-state index contributed by atoms with van der Waals surface area (Å²) in [7, 11) is 8.48. The molecule has 0 unspecified atom stereocenters. The Kier molecular flexibility index (Phi) is 18.3. The van der Waals surface area contributed by atoms with E-state index in [1.165, 1.54) is 137 Å². The zero-order chi connectivity index (χ0) is 85.7. The number of para-hydroxylation sites is 1. The van der Waals surface area contributed by atoms with Crippen LogP contribution in [0.1, 0.15) is 85.4 Å². The fourth-order valence-electron chi connectivity index (χ4n) is 19.5. The first-order valence-corrected chi connectivity index (χ1v) is 42.8. The Labute approximate surface area is 719 Å². The number of pyridine rings is 6. The molecule has 0 aliphatic heterocycles. The Morgan fingerprint density at radius 1 is 0.282 bits per heavy atom. The van der Waals surface area contributed by atoms with Crippen LogP contribution in [0.3, 0.4) is 0 Å². The minimum Gasteiger partial charge on any atom is -0.455 e. The molecular weight excluding hydrogens is 1520 g/mol. The molecule has 0 atom stereocenters. The smallest absolute Gasteiger partial charge is 0.220 e. The molecule has 10 heterocycles. The maximum Gasteiger partial charge on any atom is 0.220 e. The molecule has 600 valence electrons. The Morgan fingerprint density at radius 2 is 0.661 bits per heavy atom. The number of hydrogen-bond acceptors (Lipinski definition) is 6. The zero-order valence-electron chi connectivity index (χ0n) is 73.3. The number of nitrogens with zero attached hydrogens (tertiary/aromatic N) is 6. The Morgan fingerprint density at radius 3 is 1.18 bits per heavy atom. The fourth-order valence-corrected chi connectivity index (χ4v) is 19.5. The van der Waals surface area contributed by atoms with Gasteiger partial charge in [-0.3, -0.25) is 9.97 Å². The molecule has 0 amide bonds. The van der Waals surface area contributed by atoms with Gasteiger partial charge >= 0.3 is 0 Å². The predicted molar refractivity (Wildman–Crippen MR) is 514 cm³/mol. The normalized spacial score (nSPS) is 12.1. The van der Waals surface area contributed by atoms with Gasteiger partial charge in [0.15, 0.2) is 23.6 Å². The molecule has 0 fully saturated rings. The summed E-state index contributed by atoms with van der Waals surface area (Å²) in [5.74, 6) is -0.126. The van der Waals surface area contributed by atoms with Gasteiger partial charge in [-0.15, -0.1) is 0 Å². The summed E-state index contributed by atoms with van der Waals surface area (Å²) in [6, 6.07) is 98.9. The quantitative estimate of drug-likeness (QED) is 0.154. The second-order valence-electron chi connectivity index (χ2n) is 34.2. The average Bonchev–Trinajstić information content (AvgIpc) is 1.64. The molecule has 0 saturated heterocycles. The van der Waals surface area contributed by atoms with Crippen molar-refractivity contribution in [3.8, 4) is 45.0 Å². The molecule has 10 nitrogen and oxygen atoms in total. The highest BCUT2D eigenvalue weighted by molar-refractivity contribution is 6.19. The lowest BCUT2D eigenvalue weighted by Crippen LogP contribution is -2.32. The maximum absolute atomic E-state index is 8.42. The van der Waals surface area contributed by atoms with Gasteiger partial charge in [0.2, 0.25) is 33.8 Å². The van der Waals surface area contributed by atoms with E-state index in [1.807, 2.05) is 44.4 Å². The van der Waals surface area contributed by atoms with Gasteiger partial charge in [-0.25, -0.2) is 9.13 Å². The van der Waals surface area contributed by atoms with Crippen molar-refractivity contribution in [2.24, 2.45) is 28.2 Å². The van der Waals surface area contributed by atoms with Crippen molar-refractivity contribution in [2.75, 3.05) is 0 Å². The summed E-state index contributed by atoms with van der Waals surface area (Å²) >= 11 is 0. The standard InChI is InChI=1S/2C29H25N2O.C29H24NO.C27H20NO/c2*1-17(2)19-9-10-23-20(15-19)13-14-31(4)27(23)22-11-12-25-26-29(32-28(25)18(22)3)24-8-6-5-7-21(24)16-30-26;1-17-8-7-11-25-27(17)18(2)16-26(30(25)4)21-14-15-23-24-13-12-20-9-5-6-10-22(20)29(24)31-28(23)19(21)3;1-17-20(25-16-12-19-8-4-6-10-24(19)28(25)2)14-15-22-23-13-11-18-7-3-5-9-21(18)27(23)29-26(17)22/h2*5-17H,1-4H3;5-16H,1-4H3;3-16H,1-2H3/q4*+1/i17D;;;. The van der Waals surface area contributed by atoms with Crippen molar-refractivity contribution in [1.82, 2.24) is 9.97 Å². The molecule has 0 radical (unpaired) electrons. The summed E-state index contributed by atoms with van der Waals surface area (Å²) in [6.45, 7) is 21.3. The lowest BCUT2D eigenvalue weighted by Gasteiger charge is -2.11. The molecule has 10 aromatic heterocycles. The molecule has 124 heavy (non-hydrogen) atoms. The number of aryl methyl sites for hydroxylation is 10. The van der Waals surface area contributed by atoms with Crippen LogP contribution in [0.5, 0.6) is 0 Å². The van der Waals surface area contributed by atoms with Gasteiger partial charge in [0.1, 0.15) is 72.7 Å². The first-order valence-electron chi connectivity index (χ1n) is 43.3. The maximum atomic E-state index is 8.42. The van der Waals surface area contributed by atoms with E-state index in [4.69, 9.17) is 29.0 Å². The molecule has 0 aliphatic rings. The van der Waals surface area contributed by atoms with Crippen molar-refractivity contribution < 1.29 is 37.3 Å². The van der Waals surface area contributed by atoms with Crippen molar-refractivity contribution in [3.05, 3.63) is 348 Å².